The SMILES string of the molecule is COc1cc2c(cc1OC)CC(=O)N(CC(=O)Nc1n[nH]c(Cc3ccc(F)cc3)n1)C=C2. The van der Waals surface area contributed by atoms with E-state index in [2.05, 4.69) is 20.5 Å². The number of nitrogens with one attached hydrogen (secondary N) is 2. The van der Waals surface area contributed by atoms with Crippen molar-refractivity contribution in [1.82, 2.24) is 20.1 Å². The zero-order chi connectivity index (χ0) is 23.4. The van der Waals surface area contributed by atoms with Gasteiger partial charge in [0.2, 0.25) is 17.8 Å². The molecule has 10 heteroatoms. The first-order chi connectivity index (χ1) is 15.9. The van der Waals surface area contributed by atoms with Gasteiger partial charge in [0.15, 0.2) is 11.5 Å². The molecule has 9 nitrogen and oxygen atoms in total. The van der Waals surface area contributed by atoms with Crippen molar-refractivity contribution in [1.29, 1.82) is 0 Å². The second-order valence-electron chi connectivity index (χ2n) is 7.38. The number of hydrogen-bond donors (Lipinski definition) is 2. The summed E-state index contributed by atoms with van der Waals surface area (Å²) in [6, 6.07) is 9.58. The minimum Gasteiger partial charge on any atom is -0.493 e. The molecule has 0 radical (unpaired) electrons. The standard InChI is InChI=1S/C23H22FN5O4/c1-32-18-10-15-7-8-29(22(31)12-16(15)11-19(18)33-2)13-21(30)26-23-25-20(27-28-23)9-14-3-5-17(24)6-4-14/h3-8,10-11H,9,12-13H2,1-2H3,(H2,25,26,27,28,30). The third kappa shape index (κ3) is 5.17. The largest absolute Gasteiger partial charge is 0.493 e. The van der Waals surface area contributed by atoms with E-state index in [0.29, 0.717) is 23.7 Å². The lowest BCUT2D eigenvalue weighted by Gasteiger charge is -2.16. The fourth-order valence-corrected chi connectivity index (χ4v) is 3.45. The van der Waals surface area contributed by atoms with Gasteiger partial charge < -0.3 is 14.4 Å². The number of carbonyl (C=O) groups excluding carboxylic acids is 2. The van der Waals surface area contributed by atoms with Gasteiger partial charge in [0, 0.05) is 12.6 Å². The summed E-state index contributed by atoms with van der Waals surface area (Å²) in [5.74, 6) is 0.705. The Morgan fingerprint density at radius 3 is 2.64 bits per heavy atom. The van der Waals surface area contributed by atoms with Crippen LogP contribution in [0.3, 0.4) is 0 Å². The molecule has 0 atom stereocenters. The molecule has 0 saturated heterocycles. The van der Waals surface area contributed by atoms with Crippen LogP contribution in [0.25, 0.3) is 6.08 Å². The minimum absolute atomic E-state index is 0.0983. The highest BCUT2D eigenvalue weighted by molar-refractivity contribution is 5.94. The Bertz CT molecular complexity index is 1210. The number of hydrogen-bond acceptors (Lipinski definition) is 6. The van der Waals surface area contributed by atoms with E-state index in [1.807, 2.05) is 0 Å². The molecule has 1 aliphatic heterocycles. The predicted octanol–water partition coefficient (Wildman–Crippen LogP) is 2.55. The topological polar surface area (TPSA) is 109 Å². The molecule has 2 aromatic carbocycles. The quantitative estimate of drug-likeness (QED) is 0.571. The van der Waals surface area contributed by atoms with E-state index >= 15 is 0 Å². The number of rotatable bonds is 7. The van der Waals surface area contributed by atoms with E-state index in [-0.39, 0.29) is 30.6 Å². The highest BCUT2D eigenvalue weighted by Crippen LogP contribution is 2.32. The van der Waals surface area contributed by atoms with Crippen LogP contribution in [-0.4, -0.2) is 52.7 Å². The number of halogens is 1. The summed E-state index contributed by atoms with van der Waals surface area (Å²) in [6.07, 6.45) is 3.83. The predicted molar refractivity (Wildman–Crippen MR) is 118 cm³/mol. The third-order valence-corrected chi connectivity index (χ3v) is 5.12. The molecule has 1 aliphatic rings. The number of ether oxygens (including phenoxy) is 2. The number of amides is 2. The van der Waals surface area contributed by atoms with Crippen LogP contribution in [0.2, 0.25) is 0 Å². The Balaban J connectivity index is 1.39. The third-order valence-electron chi connectivity index (χ3n) is 5.12. The average Bonchev–Trinajstić information content (AvgIpc) is 3.18. The lowest BCUT2D eigenvalue weighted by Crippen LogP contribution is -2.34. The first-order valence-electron chi connectivity index (χ1n) is 10.1. The molecule has 170 valence electrons. The summed E-state index contributed by atoms with van der Waals surface area (Å²) in [6.45, 7) is -0.195. The Hall–Kier alpha value is -4.21. The fourth-order valence-electron chi connectivity index (χ4n) is 3.45. The summed E-state index contributed by atoms with van der Waals surface area (Å²) < 4.78 is 23.7. The van der Waals surface area contributed by atoms with Gasteiger partial charge in [-0.2, -0.15) is 4.98 Å². The monoisotopic (exact) mass is 451 g/mol. The molecule has 0 bridgehead atoms. The zero-order valence-electron chi connectivity index (χ0n) is 18.1. The molecule has 0 fully saturated rings. The Morgan fingerprint density at radius 2 is 1.91 bits per heavy atom. The normalized spacial score (nSPS) is 12.8. The van der Waals surface area contributed by atoms with Gasteiger partial charge in [-0.15, -0.1) is 5.10 Å². The number of aromatic amines is 1. The van der Waals surface area contributed by atoms with E-state index in [9.17, 15) is 14.0 Å². The molecular formula is C23H22FN5O4. The van der Waals surface area contributed by atoms with Crippen LogP contribution in [0, 0.1) is 5.82 Å². The first kappa shape index (κ1) is 22.0. The van der Waals surface area contributed by atoms with Crippen molar-refractivity contribution in [3.63, 3.8) is 0 Å². The van der Waals surface area contributed by atoms with Crippen molar-refractivity contribution in [3.05, 3.63) is 70.9 Å². The summed E-state index contributed by atoms with van der Waals surface area (Å²) in [4.78, 5) is 30.8. The molecule has 0 aliphatic carbocycles. The molecule has 2 N–H and O–H groups in total. The van der Waals surface area contributed by atoms with Crippen molar-refractivity contribution in [3.8, 4) is 11.5 Å². The Kier molecular flexibility index (Phi) is 6.34. The van der Waals surface area contributed by atoms with Crippen LogP contribution in [-0.2, 0) is 22.4 Å². The van der Waals surface area contributed by atoms with Gasteiger partial charge in [0.1, 0.15) is 18.2 Å². The van der Waals surface area contributed by atoms with Gasteiger partial charge in [-0.1, -0.05) is 12.1 Å². The molecule has 4 rings (SSSR count). The Morgan fingerprint density at radius 1 is 1.18 bits per heavy atom. The smallest absolute Gasteiger partial charge is 0.248 e. The average molecular weight is 451 g/mol. The summed E-state index contributed by atoms with van der Waals surface area (Å²) in [7, 11) is 3.07. The zero-order valence-corrected chi connectivity index (χ0v) is 18.1. The van der Waals surface area contributed by atoms with Crippen molar-refractivity contribution in [2.75, 3.05) is 26.1 Å². The van der Waals surface area contributed by atoms with Crippen molar-refractivity contribution < 1.29 is 23.5 Å². The Labute approximate surface area is 189 Å². The highest BCUT2D eigenvalue weighted by atomic mass is 19.1. The molecule has 1 aromatic heterocycles. The molecule has 0 unspecified atom stereocenters. The van der Waals surface area contributed by atoms with E-state index in [1.165, 1.54) is 24.1 Å². The number of H-pyrrole nitrogens is 1. The van der Waals surface area contributed by atoms with Crippen LogP contribution in [0.1, 0.15) is 22.5 Å². The summed E-state index contributed by atoms with van der Waals surface area (Å²) >= 11 is 0. The second kappa shape index (κ2) is 9.51. The number of aromatic nitrogens is 3. The lowest BCUT2D eigenvalue weighted by atomic mass is 10.0. The number of fused-ring (bicyclic) bond motifs is 1. The number of carbonyl (C=O) groups is 2. The molecule has 2 heterocycles. The summed E-state index contributed by atoms with van der Waals surface area (Å²) in [5.41, 5.74) is 2.43. The fraction of sp³-hybridized carbons (Fsp3) is 0.217. The van der Waals surface area contributed by atoms with Gasteiger partial charge in [-0.25, -0.2) is 4.39 Å². The summed E-state index contributed by atoms with van der Waals surface area (Å²) in [5, 5.41) is 9.30. The van der Waals surface area contributed by atoms with Gasteiger partial charge in [-0.3, -0.25) is 20.0 Å². The molecular weight excluding hydrogens is 429 g/mol. The highest BCUT2D eigenvalue weighted by Gasteiger charge is 2.22. The molecule has 33 heavy (non-hydrogen) atoms. The van der Waals surface area contributed by atoms with Gasteiger partial charge in [0.25, 0.3) is 0 Å². The maximum atomic E-state index is 13.0. The van der Waals surface area contributed by atoms with Crippen LogP contribution in [0.15, 0.2) is 42.6 Å². The number of benzene rings is 2. The number of methoxy groups -OCH3 is 2. The van der Waals surface area contributed by atoms with Gasteiger partial charge in [-0.05, 0) is 47.0 Å². The van der Waals surface area contributed by atoms with Crippen LogP contribution < -0.4 is 14.8 Å². The van der Waals surface area contributed by atoms with Crippen LogP contribution in [0.5, 0.6) is 11.5 Å². The van der Waals surface area contributed by atoms with Crippen molar-refractivity contribution >= 4 is 23.8 Å². The van der Waals surface area contributed by atoms with Crippen molar-refractivity contribution in [2.45, 2.75) is 12.8 Å². The molecule has 2 amide bonds. The molecule has 3 aromatic rings. The van der Waals surface area contributed by atoms with Crippen molar-refractivity contribution in [2.24, 2.45) is 0 Å². The van der Waals surface area contributed by atoms with E-state index in [1.54, 1.807) is 43.7 Å². The maximum Gasteiger partial charge on any atom is 0.248 e. The molecule has 0 spiro atoms. The lowest BCUT2D eigenvalue weighted by molar-refractivity contribution is -0.131. The van der Waals surface area contributed by atoms with E-state index < -0.39 is 5.91 Å². The number of anilines is 1. The van der Waals surface area contributed by atoms with Crippen LogP contribution >= 0.6 is 0 Å². The first-order valence-corrected chi connectivity index (χ1v) is 10.1. The van der Waals surface area contributed by atoms with Gasteiger partial charge >= 0.3 is 0 Å². The number of nitrogens with zero attached hydrogens (tertiary/aromatic N) is 3. The molecule has 0 saturated carbocycles. The van der Waals surface area contributed by atoms with Gasteiger partial charge in [0.05, 0.1) is 20.6 Å². The van der Waals surface area contributed by atoms with Crippen LogP contribution in [0.4, 0.5) is 10.3 Å². The van der Waals surface area contributed by atoms with E-state index in [0.717, 1.165) is 16.7 Å². The van der Waals surface area contributed by atoms with E-state index in [4.69, 9.17) is 9.47 Å². The second-order valence-corrected chi connectivity index (χ2v) is 7.38. The maximum absolute atomic E-state index is 13.0. The minimum atomic E-state index is -0.443.